The summed E-state index contributed by atoms with van der Waals surface area (Å²) in [6.07, 6.45) is 1.25. The number of hydrogen-bond acceptors (Lipinski definition) is 4. The van der Waals surface area contributed by atoms with Crippen LogP contribution in [0.25, 0.3) is 0 Å². The van der Waals surface area contributed by atoms with E-state index in [2.05, 4.69) is 5.32 Å². The average Bonchev–Trinajstić information content (AvgIpc) is 2.27. The lowest BCUT2D eigenvalue weighted by molar-refractivity contribution is -0.385. The highest BCUT2D eigenvalue weighted by Crippen LogP contribution is 2.22. The fraction of sp³-hybridized carbons (Fsp3) is 0.417. The monoisotopic (exact) mass is 252 g/mol. The molecule has 1 unspecified atom stereocenters. The van der Waals surface area contributed by atoms with Gasteiger partial charge in [-0.05, 0) is 25.5 Å². The van der Waals surface area contributed by atoms with E-state index in [1.165, 1.54) is 12.1 Å². The minimum Gasteiger partial charge on any atom is -0.480 e. The van der Waals surface area contributed by atoms with Gasteiger partial charge in [0.1, 0.15) is 6.04 Å². The molecule has 1 rings (SSSR count). The second-order valence-electron chi connectivity index (χ2n) is 4.08. The van der Waals surface area contributed by atoms with Crippen LogP contribution in [0.5, 0.6) is 0 Å². The lowest BCUT2D eigenvalue weighted by Crippen LogP contribution is -2.28. The van der Waals surface area contributed by atoms with Crippen molar-refractivity contribution in [1.82, 2.24) is 0 Å². The first-order valence-electron chi connectivity index (χ1n) is 5.70. The molecule has 6 heteroatoms. The summed E-state index contributed by atoms with van der Waals surface area (Å²) in [6, 6.07) is 3.82. The summed E-state index contributed by atoms with van der Waals surface area (Å²) in [5.41, 5.74) is 1.12. The van der Waals surface area contributed by atoms with Gasteiger partial charge in [0.05, 0.1) is 4.92 Å². The highest BCUT2D eigenvalue weighted by atomic mass is 16.6. The van der Waals surface area contributed by atoms with Crippen molar-refractivity contribution in [3.63, 3.8) is 0 Å². The van der Waals surface area contributed by atoms with Crippen LogP contribution < -0.4 is 5.32 Å². The van der Waals surface area contributed by atoms with Gasteiger partial charge in [-0.2, -0.15) is 0 Å². The number of nitro benzene ring substituents is 1. The fourth-order valence-corrected chi connectivity index (χ4v) is 1.70. The maximum Gasteiger partial charge on any atom is 0.326 e. The summed E-state index contributed by atoms with van der Waals surface area (Å²) in [5, 5.41) is 22.5. The van der Waals surface area contributed by atoms with E-state index in [-0.39, 0.29) is 5.69 Å². The number of aliphatic carboxylic acids is 1. The van der Waals surface area contributed by atoms with Crippen molar-refractivity contribution in [2.75, 3.05) is 5.32 Å². The smallest absolute Gasteiger partial charge is 0.326 e. The van der Waals surface area contributed by atoms with Crippen LogP contribution in [-0.4, -0.2) is 22.0 Å². The Morgan fingerprint density at radius 3 is 2.67 bits per heavy atom. The topological polar surface area (TPSA) is 92.5 Å². The zero-order valence-corrected chi connectivity index (χ0v) is 10.3. The molecule has 6 nitrogen and oxygen atoms in total. The Hall–Kier alpha value is -2.11. The summed E-state index contributed by atoms with van der Waals surface area (Å²) in [5.74, 6) is -0.923. The number of nitrogens with zero attached hydrogens (tertiary/aromatic N) is 1. The van der Waals surface area contributed by atoms with E-state index in [9.17, 15) is 14.9 Å². The standard InChI is InChI=1S/C12H16N2O4/c1-3-4-10(12(15)16)13-9-5-6-11(14(17)18)8(2)7-9/h5-7,10,13H,3-4H2,1-2H3,(H,15,16). The Balaban J connectivity index is 2.88. The van der Waals surface area contributed by atoms with Crippen LogP contribution in [-0.2, 0) is 4.79 Å². The normalized spacial score (nSPS) is 11.9. The van der Waals surface area contributed by atoms with E-state index in [1.54, 1.807) is 13.0 Å². The minimum absolute atomic E-state index is 0.0305. The third-order valence-corrected chi connectivity index (χ3v) is 2.61. The Labute approximate surface area is 105 Å². The van der Waals surface area contributed by atoms with Gasteiger partial charge in [-0.25, -0.2) is 4.79 Å². The molecule has 0 bridgehead atoms. The van der Waals surface area contributed by atoms with Gasteiger partial charge in [-0.1, -0.05) is 13.3 Å². The van der Waals surface area contributed by atoms with E-state index in [1.807, 2.05) is 6.92 Å². The summed E-state index contributed by atoms with van der Waals surface area (Å²) < 4.78 is 0. The summed E-state index contributed by atoms with van der Waals surface area (Å²) >= 11 is 0. The molecule has 0 aliphatic carbocycles. The van der Waals surface area contributed by atoms with Gasteiger partial charge in [0.15, 0.2) is 0 Å². The largest absolute Gasteiger partial charge is 0.480 e. The van der Waals surface area contributed by atoms with E-state index in [4.69, 9.17) is 5.11 Å². The third kappa shape index (κ3) is 3.44. The molecule has 2 N–H and O–H groups in total. The average molecular weight is 252 g/mol. The van der Waals surface area contributed by atoms with Crippen molar-refractivity contribution >= 4 is 17.3 Å². The van der Waals surface area contributed by atoms with E-state index >= 15 is 0 Å². The molecule has 0 fully saturated rings. The predicted octanol–water partition coefficient (Wildman–Crippen LogP) is 2.57. The zero-order chi connectivity index (χ0) is 13.7. The first kappa shape index (κ1) is 14.0. The third-order valence-electron chi connectivity index (χ3n) is 2.61. The van der Waals surface area contributed by atoms with Gasteiger partial charge in [-0.15, -0.1) is 0 Å². The number of rotatable bonds is 6. The van der Waals surface area contributed by atoms with Crippen molar-refractivity contribution in [3.8, 4) is 0 Å². The molecule has 0 heterocycles. The molecule has 0 aliphatic rings. The lowest BCUT2D eigenvalue weighted by Gasteiger charge is -2.15. The molecule has 0 saturated heterocycles. The van der Waals surface area contributed by atoms with Gasteiger partial charge in [0.25, 0.3) is 5.69 Å². The highest BCUT2D eigenvalue weighted by molar-refractivity contribution is 5.77. The van der Waals surface area contributed by atoms with Gasteiger partial charge < -0.3 is 10.4 Å². The number of benzene rings is 1. The molecule has 0 spiro atoms. The predicted molar refractivity (Wildman–Crippen MR) is 67.8 cm³/mol. The molecule has 1 aromatic rings. The molecule has 98 valence electrons. The van der Waals surface area contributed by atoms with Crippen LogP contribution in [0.1, 0.15) is 25.3 Å². The number of aryl methyl sites for hydroxylation is 1. The van der Waals surface area contributed by atoms with Crippen molar-refractivity contribution in [3.05, 3.63) is 33.9 Å². The Kier molecular flexibility index (Phi) is 4.65. The van der Waals surface area contributed by atoms with Crippen molar-refractivity contribution in [2.24, 2.45) is 0 Å². The van der Waals surface area contributed by atoms with Crippen molar-refractivity contribution < 1.29 is 14.8 Å². The minimum atomic E-state index is -0.923. The maximum atomic E-state index is 11.0. The molecular weight excluding hydrogens is 236 g/mol. The molecule has 0 aromatic heterocycles. The molecule has 0 radical (unpaired) electrons. The van der Waals surface area contributed by atoms with Crippen molar-refractivity contribution in [2.45, 2.75) is 32.7 Å². The highest BCUT2D eigenvalue weighted by Gasteiger charge is 2.17. The second-order valence-corrected chi connectivity index (χ2v) is 4.08. The molecule has 1 atom stereocenters. The van der Waals surface area contributed by atoms with E-state index in [0.29, 0.717) is 17.7 Å². The lowest BCUT2D eigenvalue weighted by atomic mass is 10.1. The van der Waals surface area contributed by atoms with E-state index in [0.717, 1.165) is 6.42 Å². The summed E-state index contributed by atoms with van der Waals surface area (Å²) in [7, 11) is 0. The number of carboxylic acids is 1. The Bertz CT molecular complexity index is 459. The Morgan fingerprint density at radius 2 is 2.22 bits per heavy atom. The van der Waals surface area contributed by atoms with Gasteiger partial charge in [0.2, 0.25) is 0 Å². The number of hydrogen-bond donors (Lipinski definition) is 2. The molecule has 0 amide bonds. The van der Waals surface area contributed by atoms with Crippen LogP contribution in [0.4, 0.5) is 11.4 Å². The number of carbonyl (C=O) groups is 1. The number of nitro groups is 1. The first-order valence-corrected chi connectivity index (χ1v) is 5.70. The van der Waals surface area contributed by atoms with Gasteiger partial charge in [-0.3, -0.25) is 10.1 Å². The van der Waals surface area contributed by atoms with Crippen molar-refractivity contribution in [1.29, 1.82) is 0 Å². The van der Waals surface area contributed by atoms with Crippen LogP contribution >= 0.6 is 0 Å². The van der Waals surface area contributed by atoms with Gasteiger partial charge in [0, 0.05) is 17.3 Å². The van der Waals surface area contributed by atoms with E-state index < -0.39 is 16.9 Å². The molecule has 1 aromatic carbocycles. The Morgan fingerprint density at radius 1 is 1.56 bits per heavy atom. The number of carboxylic acid groups (broad SMARTS) is 1. The van der Waals surface area contributed by atoms with Crippen LogP contribution in [0.2, 0.25) is 0 Å². The first-order chi connectivity index (χ1) is 8.45. The zero-order valence-electron chi connectivity index (χ0n) is 10.3. The van der Waals surface area contributed by atoms with Gasteiger partial charge >= 0.3 is 5.97 Å². The SMILES string of the molecule is CCCC(Nc1ccc([N+](=O)[O-])c(C)c1)C(=O)O. The molecule has 0 aliphatic heterocycles. The summed E-state index contributed by atoms with van der Waals surface area (Å²) in [4.78, 5) is 21.2. The summed E-state index contributed by atoms with van der Waals surface area (Å²) in [6.45, 7) is 3.53. The van der Waals surface area contributed by atoms with Crippen LogP contribution in [0, 0.1) is 17.0 Å². The quantitative estimate of drug-likeness (QED) is 0.599. The second kappa shape index (κ2) is 6.00. The molecular formula is C12H16N2O4. The molecule has 0 saturated carbocycles. The number of anilines is 1. The molecule has 18 heavy (non-hydrogen) atoms. The van der Waals surface area contributed by atoms with Crippen LogP contribution in [0.3, 0.4) is 0 Å². The number of nitrogens with one attached hydrogen (secondary N) is 1. The fourth-order valence-electron chi connectivity index (χ4n) is 1.70. The van der Waals surface area contributed by atoms with Crippen LogP contribution in [0.15, 0.2) is 18.2 Å². The maximum absolute atomic E-state index is 11.0.